The van der Waals surface area contributed by atoms with Gasteiger partial charge in [-0.3, -0.25) is 4.79 Å². The molecular formula is C37H47N4O+. The van der Waals surface area contributed by atoms with Gasteiger partial charge in [-0.1, -0.05) is 56.3 Å². The summed E-state index contributed by atoms with van der Waals surface area (Å²) in [5.74, 6) is 0.0662. The Bertz CT molecular complexity index is 1480. The molecule has 1 aliphatic rings. The van der Waals surface area contributed by atoms with E-state index in [-0.39, 0.29) is 11.8 Å². The van der Waals surface area contributed by atoms with Crippen LogP contribution < -0.4 is 15.5 Å². The van der Waals surface area contributed by atoms with Crippen molar-refractivity contribution < 1.29 is 9.37 Å². The molecule has 220 valence electrons. The molecule has 4 rings (SSSR count). The van der Waals surface area contributed by atoms with E-state index < -0.39 is 0 Å². The maximum Gasteiger partial charge on any atom is 0.222 e. The zero-order valence-corrected chi connectivity index (χ0v) is 26.2. The van der Waals surface area contributed by atoms with Crippen LogP contribution in [-0.4, -0.2) is 55.5 Å². The fourth-order valence-electron chi connectivity index (χ4n) is 5.59. The summed E-state index contributed by atoms with van der Waals surface area (Å²) in [5.41, 5.74) is 8.38. The van der Waals surface area contributed by atoms with Gasteiger partial charge in [-0.15, -0.1) is 0 Å². The number of hydrogen-bond acceptors (Lipinski definition) is 3. The molecule has 0 bridgehead atoms. The lowest BCUT2D eigenvalue weighted by Gasteiger charge is -2.22. The highest BCUT2D eigenvalue weighted by Crippen LogP contribution is 2.37. The Balaban J connectivity index is 1.79. The molecule has 5 heteroatoms. The van der Waals surface area contributed by atoms with Crippen molar-refractivity contribution in [1.82, 2.24) is 5.32 Å². The van der Waals surface area contributed by atoms with Gasteiger partial charge in [0.05, 0.1) is 0 Å². The lowest BCUT2D eigenvalue weighted by molar-refractivity contribution is -0.519. The molecule has 5 nitrogen and oxygen atoms in total. The number of anilines is 2. The van der Waals surface area contributed by atoms with Crippen molar-refractivity contribution in [2.45, 2.75) is 41.5 Å². The number of carbonyl (C=O) groups is 1. The second kappa shape index (κ2) is 14.7. The first-order chi connectivity index (χ1) is 20.4. The summed E-state index contributed by atoms with van der Waals surface area (Å²) < 4.78 is 2.38. The molecule has 0 unspecified atom stereocenters. The van der Waals surface area contributed by atoms with Gasteiger partial charge in [0.1, 0.15) is 13.1 Å². The standard InChI is InChI=1S/C37H46N4O/c1-7-40(8-2)30-19-15-28(16-20-30)36(29-17-21-31(22-18-29)41(9-3)10-4)34-23-24-35(33-14-12-11-13-32(33)34)38-25-26-39-37(42)27(5)6/h11-24,27H,7-10,25-26H2,1-6H3,(H,39,42)/p+1. The second-order valence-corrected chi connectivity index (χ2v) is 10.9. The van der Waals surface area contributed by atoms with Crippen LogP contribution >= 0.6 is 0 Å². The van der Waals surface area contributed by atoms with Crippen LogP contribution in [0.1, 0.15) is 52.7 Å². The molecular weight excluding hydrogens is 516 g/mol. The second-order valence-electron chi connectivity index (χ2n) is 10.9. The van der Waals surface area contributed by atoms with Crippen LogP contribution in [0.5, 0.6) is 0 Å². The first-order valence-corrected chi connectivity index (χ1v) is 15.5. The van der Waals surface area contributed by atoms with Gasteiger partial charge in [0.2, 0.25) is 5.91 Å². The average Bonchev–Trinajstić information content (AvgIpc) is 3.02. The number of nitrogens with zero attached hydrogens (tertiary/aromatic N) is 2. The van der Waals surface area contributed by atoms with Gasteiger partial charge in [-0.05, 0) is 85.7 Å². The van der Waals surface area contributed by atoms with E-state index in [1.54, 1.807) is 0 Å². The van der Waals surface area contributed by atoms with Gasteiger partial charge in [0.15, 0.2) is 5.71 Å². The number of allylic oxidation sites excluding steroid dienone is 5. The first-order valence-electron chi connectivity index (χ1n) is 15.5. The number of nitrogens with one attached hydrogen (secondary N) is 2. The Morgan fingerprint density at radius 1 is 0.786 bits per heavy atom. The molecule has 0 saturated heterocycles. The molecule has 0 atom stereocenters. The van der Waals surface area contributed by atoms with Crippen molar-refractivity contribution in [3.63, 3.8) is 0 Å². The van der Waals surface area contributed by atoms with E-state index >= 15 is 0 Å². The van der Waals surface area contributed by atoms with Gasteiger partial charge in [-0.2, -0.15) is 0 Å². The fraction of sp³-hybridized carbons (Fsp3) is 0.351. The zero-order chi connectivity index (χ0) is 30.1. The Morgan fingerprint density at radius 2 is 1.43 bits per heavy atom. The van der Waals surface area contributed by atoms with Crippen LogP contribution in [0.3, 0.4) is 0 Å². The summed E-state index contributed by atoms with van der Waals surface area (Å²) in [7, 11) is 0. The third kappa shape index (κ3) is 7.02. The summed E-state index contributed by atoms with van der Waals surface area (Å²) >= 11 is 0. The number of carbonyl (C=O) groups excluding carboxylic acids is 1. The Hall–Kier alpha value is -4.12. The minimum absolute atomic E-state index is 0.0127. The molecule has 0 saturated carbocycles. The average molecular weight is 564 g/mol. The third-order valence-corrected chi connectivity index (χ3v) is 8.03. The van der Waals surface area contributed by atoms with Gasteiger partial charge >= 0.3 is 0 Å². The first kappa shape index (κ1) is 30.8. The van der Waals surface area contributed by atoms with Crippen LogP contribution in [0.15, 0.2) is 90.5 Å². The molecule has 0 heterocycles. The third-order valence-electron chi connectivity index (χ3n) is 8.03. The van der Waals surface area contributed by atoms with E-state index in [4.69, 9.17) is 0 Å². The molecule has 3 aromatic carbocycles. The van der Waals surface area contributed by atoms with E-state index in [2.05, 4.69) is 133 Å². The molecule has 1 amide bonds. The molecule has 0 radical (unpaired) electrons. The summed E-state index contributed by atoms with van der Waals surface area (Å²) in [4.78, 5) is 14.4. The van der Waals surface area contributed by atoms with Crippen molar-refractivity contribution in [1.29, 1.82) is 0 Å². The Labute approximate surface area is 252 Å². The van der Waals surface area contributed by atoms with Crippen LogP contribution in [0.25, 0.3) is 16.3 Å². The Morgan fingerprint density at radius 3 is 2.02 bits per heavy atom. The summed E-state index contributed by atoms with van der Waals surface area (Å²) in [5, 5.41) is 8.93. The molecule has 0 aliphatic heterocycles. The summed E-state index contributed by atoms with van der Waals surface area (Å²) in [6.45, 7) is 17.8. The lowest BCUT2D eigenvalue weighted by atomic mass is 9.87. The minimum atomic E-state index is -0.0127. The number of hydrogen-bond donors (Lipinski definition) is 2. The quantitative estimate of drug-likeness (QED) is 0.180. The predicted molar refractivity (Wildman–Crippen MR) is 181 cm³/mol. The van der Waals surface area contributed by atoms with Crippen LogP contribution in [0.2, 0.25) is 0 Å². The highest BCUT2D eigenvalue weighted by molar-refractivity contribution is 6.07. The fourth-order valence-corrected chi connectivity index (χ4v) is 5.59. The van der Waals surface area contributed by atoms with E-state index in [9.17, 15) is 4.79 Å². The van der Waals surface area contributed by atoms with Gasteiger partial charge < -0.3 is 15.5 Å². The number of amides is 1. The van der Waals surface area contributed by atoms with E-state index in [1.165, 1.54) is 44.4 Å². The van der Waals surface area contributed by atoms with Crippen LogP contribution in [0.4, 0.5) is 11.4 Å². The zero-order valence-electron chi connectivity index (χ0n) is 26.2. The minimum Gasteiger partial charge on any atom is -0.383 e. The normalized spacial score (nSPS) is 12.6. The molecule has 0 fully saturated rings. The summed E-state index contributed by atoms with van der Waals surface area (Å²) in [6, 6.07) is 22.0. The molecule has 42 heavy (non-hydrogen) atoms. The predicted octanol–water partition coefficient (Wildman–Crippen LogP) is 7.29. The van der Waals surface area contributed by atoms with Crippen molar-refractivity contribution >= 4 is 39.3 Å². The van der Waals surface area contributed by atoms with Crippen molar-refractivity contribution in [2.24, 2.45) is 5.92 Å². The van der Waals surface area contributed by atoms with Crippen molar-refractivity contribution in [3.05, 3.63) is 102 Å². The van der Waals surface area contributed by atoms with Gasteiger partial charge in [0, 0.05) is 61.0 Å². The SMILES string of the molecule is CCN(CC)c1ccc(C(=C2C=CC(=[N+](CC)CC)C=C2)c2ccc(NCCNC(=O)C(C)C)c3ccccc23)cc1. The van der Waals surface area contributed by atoms with Crippen molar-refractivity contribution in [2.75, 3.05) is 49.5 Å². The molecule has 2 N–H and O–H groups in total. The maximum absolute atomic E-state index is 12.0. The molecule has 3 aromatic rings. The number of fused-ring (bicyclic) bond motifs is 1. The highest BCUT2D eigenvalue weighted by atomic mass is 16.1. The topological polar surface area (TPSA) is 47.4 Å². The largest absolute Gasteiger partial charge is 0.383 e. The van der Waals surface area contributed by atoms with Crippen LogP contribution in [-0.2, 0) is 4.79 Å². The van der Waals surface area contributed by atoms with Gasteiger partial charge in [0.25, 0.3) is 0 Å². The highest BCUT2D eigenvalue weighted by Gasteiger charge is 2.18. The number of benzene rings is 3. The molecule has 1 aliphatic carbocycles. The van der Waals surface area contributed by atoms with Crippen molar-refractivity contribution in [3.8, 4) is 0 Å². The van der Waals surface area contributed by atoms with Gasteiger partial charge in [-0.25, -0.2) is 4.58 Å². The maximum atomic E-state index is 12.0. The molecule has 0 aromatic heterocycles. The lowest BCUT2D eigenvalue weighted by Crippen LogP contribution is -2.31. The number of rotatable bonds is 12. The van der Waals surface area contributed by atoms with E-state index in [0.717, 1.165) is 31.9 Å². The monoisotopic (exact) mass is 563 g/mol. The van der Waals surface area contributed by atoms with Crippen LogP contribution in [0, 0.1) is 5.92 Å². The van der Waals surface area contributed by atoms with E-state index in [1.807, 2.05) is 13.8 Å². The Kier molecular flexibility index (Phi) is 10.8. The molecule has 0 spiro atoms. The smallest absolute Gasteiger partial charge is 0.222 e. The summed E-state index contributed by atoms with van der Waals surface area (Å²) in [6.07, 6.45) is 9.02. The van der Waals surface area contributed by atoms with E-state index in [0.29, 0.717) is 13.1 Å².